The first-order chi connectivity index (χ1) is 10.1. The second-order valence-corrected chi connectivity index (χ2v) is 4.90. The summed E-state index contributed by atoms with van der Waals surface area (Å²) < 4.78 is 18.8. The summed E-state index contributed by atoms with van der Waals surface area (Å²) in [6, 6.07) is 8.11. The molecule has 0 aliphatic heterocycles. The summed E-state index contributed by atoms with van der Waals surface area (Å²) in [6.45, 7) is 2.27. The summed E-state index contributed by atoms with van der Waals surface area (Å²) in [5, 5.41) is 9.82. The topological polar surface area (TPSA) is 66.7 Å². The summed E-state index contributed by atoms with van der Waals surface area (Å²) in [7, 11) is 0. The van der Waals surface area contributed by atoms with E-state index in [1.165, 1.54) is 12.1 Å². The number of hydrogen-bond acceptors (Lipinski definition) is 4. The smallest absolute Gasteiger partial charge is 0.242 e. The number of hydrogen-bond donors (Lipinski definition) is 2. The molecule has 0 amide bonds. The largest absolute Gasteiger partial charge is 0.459 e. The van der Waals surface area contributed by atoms with Crippen molar-refractivity contribution in [2.24, 2.45) is 0 Å². The molecule has 0 bridgehead atoms. The van der Waals surface area contributed by atoms with E-state index in [4.69, 9.17) is 16.0 Å². The number of benzene rings is 1. The van der Waals surface area contributed by atoms with Crippen molar-refractivity contribution >= 4 is 17.5 Å². The highest BCUT2D eigenvalue weighted by atomic mass is 35.5. The summed E-state index contributed by atoms with van der Waals surface area (Å²) in [6.07, 6.45) is 0. The van der Waals surface area contributed by atoms with Crippen LogP contribution in [-0.4, -0.2) is 15.2 Å². The van der Waals surface area contributed by atoms with Crippen molar-refractivity contribution < 1.29 is 8.81 Å². The standard InChI is InChI=1S/C14H12ClFN4O/c1-8-18-14(20-19-8)17-7-10-3-5-13(21-10)9-2-4-12(16)11(15)6-9/h2-6H,7H2,1H3,(H2,17,18,19,20). The highest BCUT2D eigenvalue weighted by Crippen LogP contribution is 2.26. The van der Waals surface area contributed by atoms with E-state index < -0.39 is 5.82 Å². The van der Waals surface area contributed by atoms with Crippen LogP contribution in [0.15, 0.2) is 34.7 Å². The Kier molecular flexibility index (Phi) is 3.62. The van der Waals surface area contributed by atoms with E-state index in [2.05, 4.69) is 20.5 Å². The Morgan fingerprint density at radius 2 is 2.19 bits per heavy atom. The third kappa shape index (κ3) is 3.05. The van der Waals surface area contributed by atoms with Gasteiger partial charge in [-0.25, -0.2) is 4.39 Å². The SMILES string of the molecule is Cc1nc(NCc2ccc(-c3ccc(F)c(Cl)c3)o2)n[nH]1. The Morgan fingerprint density at radius 1 is 1.33 bits per heavy atom. The molecule has 5 nitrogen and oxygen atoms in total. The molecule has 0 fully saturated rings. The van der Waals surface area contributed by atoms with Crippen LogP contribution in [0.2, 0.25) is 5.02 Å². The van der Waals surface area contributed by atoms with Gasteiger partial charge in [-0.3, -0.25) is 5.10 Å². The van der Waals surface area contributed by atoms with Crippen molar-refractivity contribution in [2.75, 3.05) is 5.32 Å². The maximum atomic E-state index is 13.1. The number of rotatable bonds is 4. The Hall–Kier alpha value is -2.34. The molecule has 2 aromatic heterocycles. The second kappa shape index (κ2) is 5.57. The van der Waals surface area contributed by atoms with Gasteiger partial charge in [-0.15, -0.1) is 5.10 Å². The molecular formula is C14H12ClFN4O. The fourth-order valence-corrected chi connectivity index (χ4v) is 2.05. The lowest BCUT2D eigenvalue weighted by atomic mass is 10.2. The molecule has 0 saturated carbocycles. The van der Waals surface area contributed by atoms with E-state index in [-0.39, 0.29) is 5.02 Å². The van der Waals surface area contributed by atoms with Gasteiger partial charge in [0.1, 0.15) is 23.2 Å². The minimum atomic E-state index is -0.450. The normalized spacial score (nSPS) is 10.8. The first-order valence-electron chi connectivity index (χ1n) is 6.29. The van der Waals surface area contributed by atoms with E-state index in [9.17, 15) is 4.39 Å². The van der Waals surface area contributed by atoms with Crippen molar-refractivity contribution in [1.82, 2.24) is 15.2 Å². The molecule has 0 radical (unpaired) electrons. The Morgan fingerprint density at radius 3 is 2.90 bits per heavy atom. The molecule has 3 aromatic rings. The number of aromatic amines is 1. The summed E-state index contributed by atoms with van der Waals surface area (Å²) in [5.41, 5.74) is 0.724. The predicted octanol–water partition coefficient (Wildman–Crippen LogP) is 3.78. The average molecular weight is 307 g/mol. The number of nitrogens with zero attached hydrogens (tertiary/aromatic N) is 2. The third-order valence-corrected chi connectivity index (χ3v) is 3.17. The molecular weight excluding hydrogens is 295 g/mol. The molecule has 0 spiro atoms. The fraction of sp³-hybridized carbons (Fsp3) is 0.143. The van der Waals surface area contributed by atoms with Crippen LogP contribution in [0.4, 0.5) is 10.3 Å². The molecule has 0 unspecified atom stereocenters. The van der Waals surface area contributed by atoms with E-state index in [1.807, 2.05) is 19.1 Å². The van der Waals surface area contributed by atoms with Crippen LogP contribution in [0.3, 0.4) is 0 Å². The zero-order valence-corrected chi connectivity index (χ0v) is 11.9. The van der Waals surface area contributed by atoms with Crippen LogP contribution in [0.1, 0.15) is 11.6 Å². The van der Waals surface area contributed by atoms with Crippen LogP contribution < -0.4 is 5.32 Å². The van der Waals surface area contributed by atoms with Crippen molar-refractivity contribution in [3.8, 4) is 11.3 Å². The first kappa shape index (κ1) is 13.6. The van der Waals surface area contributed by atoms with Gasteiger partial charge in [0.25, 0.3) is 0 Å². The van der Waals surface area contributed by atoms with Crippen LogP contribution in [-0.2, 0) is 6.54 Å². The number of H-pyrrole nitrogens is 1. The lowest BCUT2D eigenvalue weighted by molar-refractivity contribution is 0.530. The molecule has 3 rings (SSSR count). The van der Waals surface area contributed by atoms with Crippen molar-refractivity contribution in [1.29, 1.82) is 0 Å². The Bertz CT molecular complexity index is 768. The van der Waals surface area contributed by atoms with Gasteiger partial charge in [0.05, 0.1) is 11.6 Å². The van der Waals surface area contributed by atoms with Gasteiger partial charge in [-0.1, -0.05) is 11.6 Å². The number of aryl methyl sites for hydroxylation is 1. The zero-order valence-electron chi connectivity index (χ0n) is 11.2. The number of halogens is 2. The number of furan rings is 1. The van der Waals surface area contributed by atoms with Gasteiger partial charge in [0.2, 0.25) is 5.95 Å². The van der Waals surface area contributed by atoms with Crippen molar-refractivity contribution in [3.63, 3.8) is 0 Å². The minimum Gasteiger partial charge on any atom is -0.459 e. The van der Waals surface area contributed by atoms with Crippen LogP contribution in [0, 0.1) is 12.7 Å². The van der Waals surface area contributed by atoms with Gasteiger partial charge in [-0.05, 0) is 37.3 Å². The van der Waals surface area contributed by atoms with Crippen molar-refractivity contribution in [3.05, 3.63) is 52.8 Å². The maximum absolute atomic E-state index is 13.1. The van der Waals surface area contributed by atoms with E-state index >= 15 is 0 Å². The maximum Gasteiger partial charge on any atom is 0.242 e. The number of aromatic nitrogens is 3. The fourth-order valence-electron chi connectivity index (χ4n) is 1.87. The quantitative estimate of drug-likeness (QED) is 0.770. The predicted molar refractivity (Wildman–Crippen MR) is 77.6 cm³/mol. The molecule has 0 aliphatic carbocycles. The van der Waals surface area contributed by atoms with Gasteiger partial charge >= 0.3 is 0 Å². The summed E-state index contributed by atoms with van der Waals surface area (Å²) >= 11 is 5.77. The summed E-state index contributed by atoms with van der Waals surface area (Å²) in [5.74, 6) is 2.13. The molecule has 1 aromatic carbocycles. The Balaban J connectivity index is 1.72. The zero-order chi connectivity index (χ0) is 14.8. The average Bonchev–Trinajstić information content (AvgIpc) is 3.08. The lowest BCUT2D eigenvalue weighted by Crippen LogP contribution is -1.99. The lowest BCUT2D eigenvalue weighted by Gasteiger charge is -2.00. The number of nitrogens with one attached hydrogen (secondary N) is 2. The molecule has 21 heavy (non-hydrogen) atoms. The van der Waals surface area contributed by atoms with Gasteiger partial charge in [-0.2, -0.15) is 4.98 Å². The van der Waals surface area contributed by atoms with Crippen molar-refractivity contribution in [2.45, 2.75) is 13.5 Å². The van der Waals surface area contributed by atoms with Gasteiger partial charge in [0.15, 0.2) is 0 Å². The molecule has 0 atom stereocenters. The molecule has 0 aliphatic rings. The third-order valence-electron chi connectivity index (χ3n) is 2.88. The Labute approximate surface area is 125 Å². The van der Waals surface area contributed by atoms with E-state index in [0.29, 0.717) is 24.0 Å². The van der Waals surface area contributed by atoms with Gasteiger partial charge in [0, 0.05) is 5.56 Å². The highest BCUT2D eigenvalue weighted by Gasteiger charge is 2.08. The molecule has 2 N–H and O–H groups in total. The molecule has 108 valence electrons. The molecule has 2 heterocycles. The van der Waals surface area contributed by atoms with Crippen LogP contribution in [0.5, 0.6) is 0 Å². The number of anilines is 1. The highest BCUT2D eigenvalue weighted by molar-refractivity contribution is 6.31. The minimum absolute atomic E-state index is 0.0692. The van der Waals surface area contributed by atoms with E-state index in [1.54, 1.807) is 6.07 Å². The molecule has 0 saturated heterocycles. The first-order valence-corrected chi connectivity index (χ1v) is 6.66. The summed E-state index contributed by atoms with van der Waals surface area (Å²) in [4.78, 5) is 4.13. The second-order valence-electron chi connectivity index (χ2n) is 4.49. The van der Waals surface area contributed by atoms with E-state index in [0.717, 1.165) is 11.4 Å². The van der Waals surface area contributed by atoms with Crippen LogP contribution in [0.25, 0.3) is 11.3 Å². The molecule has 7 heteroatoms. The van der Waals surface area contributed by atoms with Crippen LogP contribution >= 0.6 is 11.6 Å². The van der Waals surface area contributed by atoms with Gasteiger partial charge < -0.3 is 9.73 Å². The monoisotopic (exact) mass is 306 g/mol.